The van der Waals surface area contributed by atoms with Gasteiger partial charge in [-0.3, -0.25) is 0 Å². The Balaban J connectivity index is 2.24. The lowest BCUT2D eigenvalue weighted by Gasteiger charge is -2.19. The van der Waals surface area contributed by atoms with E-state index in [0.717, 1.165) is 0 Å². The van der Waals surface area contributed by atoms with Crippen molar-refractivity contribution in [2.45, 2.75) is 44.7 Å². The van der Waals surface area contributed by atoms with Crippen LogP contribution in [-0.4, -0.2) is 34.9 Å². The molecule has 0 saturated heterocycles. The lowest BCUT2D eigenvalue weighted by Crippen LogP contribution is -2.35. The molecule has 3 N–H and O–H groups in total. The van der Waals surface area contributed by atoms with Gasteiger partial charge in [0.15, 0.2) is 0 Å². The molecule has 0 radical (unpaired) electrons. The lowest BCUT2D eigenvalue weighted by atomic mass is 9.83. The molecule has 80 valence electrons. The maximum atomic E-state index is 11.2. The highest BCUT2D eigenvalue weighted by Crippen LogP contribution is 2.38. The van der Waals surface area contributed by atoms with E-state index in [0.29, 0.717) is 6.42 Å². The normalized spacial score (nSPS) is 25.5. The van der Waals surface area contributed by atoms with Gasteiger partial charge in [-0.05, 0) is 27.2 Å². The maximum Gasteiger partial charge on any atom is 0.456 e. The summed E-state index contributed by atoms with van der Waals surface area (Å²) in [6.07, 6.45) is 0.0855. The Hall–Kier alpha value is -0.745. The van der Waals surface area contributed by atoms with Crippen LogP contribution in [0.3, 0.4) is 0 Å². The molecule has 2 atom stereocenters. The number of nitrogens with one attached hydrogen (secondary N) is 1. The molecule has 0 aromatic rings. The van der Waals surface area contributed by atoms with E-state index in [2.05, 4.69) is 5.32 Å². The summed E-state index contributed by atoms with van der Waals surface area (Å²) in [6, 6.07) is -0.162. The van der Waals surface area contributed by atoms with Crippen LogP contribution in [0, 0.1) is 0 Å². The summed E-state index contributed by atoms with van der Waals surface area (Å²) in [5.41, 5.74) is -0.522. The molecule has 1 aliphatic rings. The number of hydrogen-bond acceptors (Lipinski definition) is 4. The fourth-order valence-corrected chi connectivity index (χ4v) is 1.17. The monoisotopic (exact) mass is 201 g/mol. The van der Waals surface area contributed by atoms with Gasteiger partial charge >= 0.3 is 13.2 Å². The Morgan fingerprint density at radius 1 is 1.50 bits per heavy atom. The second-order valence-electron chi connectivity index (χ2n) is 4.57. The van der Waals surface area contributed by atoms with Gasteiger partial charge in [-0.1, -0.05) is 0 Å². The quantitative estimate of drug-likeness (QED) is 0.554. The number of amides is 1. The first-order chi connectivity index (χ1) is 6.29. The van der Waals surface area contributed by atoms with Gasteiger partial charge in [-0.2, -0.15) is 0 Å². The van der Waals surface area contributed by atoms with Gasteiger partial charge in [-0.25, -0.2) is 4.79 Å². The van der Waals surface area contributed by atoms with Crippen molar-refractivity contribution < 1.29 is 19.6 Å². The number of ether oxygens (including phenoxy) is 1. The third-order valence-corrected chi connectivity index (χ3v) is 1.92. The van der Waals surface area contributed by atoms with E-state index in [-0.39, 0.29) is 11.9 Å². The van der Waals surface area contributed by atoms with Crippen molar-refractivity contribution >= 4 is 13.2 Å². The van der Waals surface area contributed by atoms with E-state index in [1.54, 1.807) is 20.8 Å². The van der Waals surface area contributed by atoms with E-state index in [1.165, 1.54) is 0 Å². The molecule has 1 rings (SSSR count). The molecule has 14 heavy (non-hydrogen) atoms. The van der Waals surface area contributed by atoms with Crippen LogP contribution < -0.4 is 5.32 Å². The number of hydrogen-bond donors (Lipinski definition) is 3. The number of carbonyl (C=O) groups excluding carboxylic acids is 1. The van der Waals surface area contributed by atoms with Crippen LogP contribution in [0.5, 0.6) is 0 Å². The average Bonchev–Trinajstić information content (AvgIpc) is 2.61. The maximum absolute atomic E-state index is 11.2. The SMILES string of the molecule is CC(C)(C)OC(=O)N[C@@H]1C[C@H]1B(O)O. The summed E-state index contributed by atoms with van der Waals surface area (Å²) in [5.74, 6) is -0.248. The van der Waals surface area contributed by atoms with Crippen molar-refractivity contribution in [2.75, 3.05) is 0 Å². The first-order valence-electron chi connectivity index (χ1n) is 4.65. The predicted molar refractivity (Wildman–Crippen MR) is 51.7 cm³/mol. The van der Waals surface area contributed by atoms with Gasteiger partial charge in [0, 0.05) is 11.9 Å². The summed E-state index contributed by atoms with van der Waals surface area (Å²) in [5, 5.41) is 20.1. The topological polar surface area (TPSA) is 78.8 Å². The standard InChI is InChI=1S/C8H16BNO4/c1-8(2,3)14-7(11)10-6-4-5(6)9(12)13/h5-6,12-13H,4H2,1-3H3,(H,10,11)/t5-,6-/m1/s1. The molecule has 0 heterocycles. The van der Waals surface area contributed by atoms with Crippen molar-refractivity contribution in [2.24, 2.45) is 0 Å². The molecule has 5 nitrogen and oxygen atoms in total. The molecule has 6 heteroatoms. The Bertz CT molecular complexity index is 226. The molecular formula is C8H16BNO4. The van der Waals surface area contributed by atoms with E-state index < -0.39 is 18.8 Å². The van der Waals surface area contributed by atoms with Gasteiger partial charge in [0.1, 0.15) is 5.60 Å². The first-order valence-corrected chi connectivity index (χ1v) is 4.65. The molecule has 1 amide bonds. The van der Waals surface area contributed by atoms with Crippen LogP contribution in [0.15, 0.2) is 0 Å². The second kappa shape index (κ2) is 3.78. The third kappa shape index (κ3) is 3.55. The average molecular weight is 201 g/mol. The zero-order chi connectivity index (χ0) is 10.9. The lowest BCUT2D eigenvalue weighted by molar-refractivity contribution is 0.0523. The van der Waals surface area contributed by atoms with Crippen LogP contribution in [0.1, 0.15) is 27.2 Å². The van der Waals surface area contributed by atoms with E-state index in [1.807, 2.05) is 0 Å². The highest BCUT2D eigenvalue weighted by Gasteiger charge is 2.46. The van der Waals surface area contributed by atoms with Crippen LogP contribution >= 0.6 is 0 Å². The zero-order valence-electron chi connectivity index (χ0n) is 8.65. The van der Waals surface area contributed by atoms with Gasteiger partial charge in [0.25, 0.3) is 0 Å². The second-order valence-corrected chi connectivity index (χ2v) is 4.57. The molecule has 0 unspecified atom stereocenters. The fraction of sp³-hybridized carbons (Fsp3) is 0.875. The summed E-state index contributed by atoms with van der Waals surface area (Å²) in [4.78, 5) is 11.2. The summed E-state index contributed by atoms with van der Waals surface area (Å²) in [6.45, 7) is 5.33. The van der Waals surface area contributed by atoms with Gasteiger partial charge in [0.05, 0.1) is 0 Å². The molecule has 0 aliphatic heterocycles. The van der Waals surface area contributed by atoms with Crippen LogP contribution in [-0.2, 0) is 4.74 Å². The van der Waals surface area contributed by atoms with Gasteiger partial charge in [0.2, 0.25) is 0 Å². The van der Waals surface area contributed by atoms with E-state index in [4.69, 9.17) is 14.8 Å². The number of alkyl carbamates (subject to hydrolysis) is 1. The first kappa shape index (κ1) is 11.3. The van der Waals surface area contributed by atoms with Crippen LogP contribution in [0.25, 0.3) is 0 Å². The predicted octanol–water partition coefficient (Wildman–Crippen LogP) is 0.126. The van der Waals surface area contributed by atoms with E-state index in [9.17, 15) is 4.79 Å². The number of carbonyl (C=O) groups is 1. The third-order valence-electron chi connectivity index (χ3n) is 1.92. The van der Waals surface area contributed by atoms with Crippen molar-refractivity contribution in [1.29, 1.82) is 0 Å². The Kier molecular flexibility index (Phi) is 3.06. The minimum Gasteiger partial charge on any atom is -0.444 e. The largest absolute Gasteiger partial charge is 0.456 e. The van der Waals surface area contributed by atoms with Crippen LogP contribution in [0.4, 0.5) is 4.79 Å². The molecular weight excluding hydrogens is 185 g/mol. The smallest absolute Gasteiger partial charge is 0.444 e. The van der Waals surface area contributed by atoms with Crippen molar-refractivity contribution in [3.05, 3.63) is 0 Å². The molecule has 1 saturated carbocycles. The number of rotatable bonds is 2. The molecule has 0 spiro atoms. The Morgan fingerprint density at radius 3 is 2.43 bits per heavy atom. The molecule has 1 fully saturated rings. The zero-order valence-corrected chi connectivity index (χ0v) is 8.65. The fourth-order valence-electron chi connectivity index (χ4n) is 1.17. The van der Waals surface area contributed by atoms with Crippen molar-refractivity contribution in [1.82, 2.24) is 5.32 Å². The molecule has 0 aromatic heterocycles. The van der Waals surface area contributed by atoms with Crippen LogP contribution in [0.2, 0.25) is 5.82 Å². The Labute approximate surface area is 83.6 Å². The Morgan fingerprint density at radius 2 is 2.07 bits per heavy atom. The highest BCUT2D eigenvalue weighted by atomic mass is 16.6. The minimum atomic E-state index is -1.35. The van der Waals surface area contributed by atoms with Crippen molar-refractivity contribution in [3.8, 4) is 0 Å². The summed E-state index contributed by atoms with van der Waals surface area (Å²) >= 11 is 0. The van der Waals surface area contributed by atoms with Gasteiger partial charge in [-0.15, -0.1) is 0 Å². The van der Waals surface area contributed by atoms with Gasteiger partial charge < -0.3 is 20.1 Å². The van der Waals surface area contributed by atoms with E-state index >= 15 is 0 Å². The summed E-state index contributed by atoms with van der Waals surface area (Å²) < 4.78 is 5.00. The van der Waals surface area contributed by atoms with Crippen molar-refractivity contribution in [3.63, 3.8) is 0 Å². The summed E-state index contributed by atoms with van der Waals surface area (Å²) in [7, 11) is -1.35. The highest BCUT2D eigenvalue weighted by molar-refractivity contribution is 6.44. The molecule has 1 aliphatic carbocycles. The molecule has 0 bridgehead atoms. The minimum absolute atomic E-state index is 0.162. The molecule has 0 aromatic carbocycles.